The van der Waals surface area contributed by atoms with Crippen LogP contribution in [0.4, 0.5) is 5.69 Å². The van der Waals surface area contributed by atoms with Gasteiger partial charge in [-0.3, -0.25) is 4.79 Å². The van der Waals surface area contributed by atoms with Gasteiger partial charge in [-0.15, -0.1) is 0 Å². The Bertz CT molecular complexity index is 448. The van der Waals surface area contributed by atoms with Crippen molar-refractivity contribution < 1.29 is 9.90 Å². The van der Waals surface area contributed by atoms with E-state index in [1.54, 1.807) is 4.90 Å². The number of hydrogen-bond acceptors (Lipinski definition) is 3. The van der Waals surface area contributed by atoms with E-state index in [1.165, 1.54) is 0 Å². The van der Waals surface area contributed by atoms with Gasteiger partial charge >= 0.3 is 0 Å². The van der Waals surface area contributed by atoms with Crippen molar-refractivity contribution in [1.29, 1.82) is 0 Å². The maximum absolute atomic E-state index is 12.0. The number of aliphatic hydroxyl groups is 1. The molecule has 0 saturated carbocycles. The molecule has 4 nitrogen and oxygen atoms in total. The van der Waals surface area contributed by atoms with Crippen LogP contribution in [-0.2, 0) is 4.79 Å². The van der Waals surface area contributed by atoms with Crippen LogP contribution in [0.25, 0.3) is 0 Å². The summed E-state index contributed by atoms with van der Waals surface area (Å²) >= 11 is 0. The Hall–Kier alpha value is -1.55. The minimum Gasteiger partial charge on any atom is -0.388 e. The number of aliphatic hydroxyl groups excluding tert-OH is 1. The van der Waals surface area contributed by atoms with E-state index in [2.05, 4.69) is 4.90 Å². The Morgan fingerprint density at radius 3 is 2.79 bits per heavy atom. The molecule has 1 aliphatic heterocycles. The summed E-state index contributed by atoms with van der Waals surface area (Å²) in [6, 6.07) is 7.83. The molecule has 1 aromatic rings. The van der Waals surface area contributed by atoms with E-state index in [0.717, 1.165) is 30.8 Å². The SMILES string of the molecule is CC[C@@H](O)c1ccccc1N1CCCN(C)C(=O)C1. The zero-order chi connectivity index (χ0) is 13.8. The van der Waals surface area contributed by atoms with Crippen molar-refractivity contribution in [3.8, 4) is 0 Å². The van der Waals surface area contributed by atoms with Gasteiger partial charge < -0.3 is 14.9 Å². The third kappa shape index (κ3) is 3.07. The Kier molecular flexibility index (Phi) is 4.43. The van der Waals surface area contributed by atoms with Crippen LogP contribution in [0.5, 0.6) is 0 Å². The largest absolute Gasteiger partial charge is 0.388 e. The lowest BCUT2D eigenvalue weighted by Gasteiger charge is -2.26. The van der Waals surface area contributed by atoms with Gasteiger partial charge in [-0.2, -0.15) is 0 Å². The third-order valence-electron chi connectivity index (χ3n) is 3.70. The molecule has 0 radical (unpaired) electrons. The van der Waals surface area contributed by atoms with Crippen LogP contribution < -0.4 is 4.90 Å². The zero-order valence-electron chi connectivity index (χ0n) is 11.7. The first-order valence-electron chi connectivity index (χ1n) is 6.89. The van der Waals surface area contributed by atoms with Gasteiger partial charge in [-0.25, -0.2) is 0 Å². The van der Waals surface area contributed by atoms with Gasteiger partial charge in [-0.1, -0.05) is 25.1 Å². The molecule has 0 aliphatic carbocycles. The number of para-hydroxylation sites is 1. The van der Waals surface area contributed by atoms with Crippen LogP contribution in [0.2, 0.25) is 0 Å². The fraction of sp³-hybridized carbons (Fsp3) is 0.533. The molecule has 1 heterocycles. The maximum atomic E-state index is 12.0. The van der Waals surface area contributed by atoms with Crippen LogP contribution in [-0.4, -0.2) is 42.6 Å². The smallest absolute Gasteiger partial charge is 0.241 e. The number of likely N-dealkylation sites (N-methyl/N-ethyl adjacent to an activating group) is 1. The summed E-state index contributed by atoms with van der Waals surface area (Å²) in [7, 11) is 1.85. The Morgan fingerprint density at radius 2 is 2.05 bits per heavy atom. The predicted octanol–water partition coefficient (Wildman–Crippen LogP) is 1.80. The molecule has 19 heavy (non-hydrogen) atoms. The lowest BCUT2D eigenvalue weighted by molar-refractivity contribution is -0.127. The molecule has 1 amide bonds. The average molecular weight is 262 g/mol. The van der Waals surface area contributed by atoms with Crippen molar-refractivity contribution in [1.82, 2.24) is 4.90 Å². The Labute approximate surface area is 114 Å². The standard InChI is InChI=1S/C15H22N2O2/c1-3-14(18)12-7-4-5-8-13(12)17-10-6-9-16(2)15(19)11-17/h4-5,7-8,14,18H,3,6,9-11H2,1-2H3/t14-/m1/s1. The first-order valence-corrected chi connectivity index (χ1v) is 6.89. The number of carbonyl (C=O) groups is 1. The molecular weight excluding hydrogens is 240 g/mol. The van der Waals surface area contributed by atoms with Gasteiger partial charge in [0.15, 0.2) is 0 Å². The first-order chi connectivity index (χ1) is 9.13. The van der Waals surface area contributed by atoms with Crippen LogP contribution in [0.1, 0.15) is 31.4 Å². The number of rotatable bonds is 3. The van der Waals surface area contributed by atoms with Crippen LogP contribution in [0, 0.1) is 0 Å². The van der Waals surface area contributed by atoms with Crippen molar-refractivity contribution >= 4 is 11.6 Å². The van der Waals surface area contributed by atoms with E-state index in [9.17, 15) is 9.90 Å². The van der Waals surface area contributed by atoms with Gasteiger partial charge in [0, 0.05) is 31.4 Å². The zero-order valence-corrected chi connectivity index (χ0v) is 11.7. The number of anilines is 1. The highest BCUT2D eigenvalue weighted by molar-refractivity contribution is 5.82. The fourth-order valence-electron chi connectivity index (χ4n) is 2.47. The maximum Gasteiger partial charge on any atom is 0.241 e. The van der Waals surface area contributed by atoms with Crippen LogP contribution >= 0.6 is 0 Å². The summed E-state index contributed by atoms with van der Waals surface area (Å²) in [6.07, 6.45) is 1.17. The molecule has 0 unspecified atom stereocenters. The number of carbonyl (C=O) groups excluding carboxylic acids is 1. The number of amides is 1. The Morgan fingerprint density at radius 1 is 1.32 bits per heavy atom. The summed E-state index contributed by atoms with van der Waals surface area (Å²) < 4.78 is 0. The summed E-state index contributed by atoms with van der Waals surface area (Å²) in [5.41, 5.74) is 1.91. The van der Waals surface area contributed by atoms with E-state index < -0.39 is 6.10 Å². The minimum absolute atomic E-state index is 0.137. The molecule has 0 aromatic heterocycles. The molecule has 2 rings (SSSR count). The number of hydrogen-bond donors (Lipinski definition) is 1. The molecule has 1 aliphatic rings. The first kappa shape index (κ1) is 13.9. The highest BCUT2D eigenvalue weighted by Crippen LogP contribution is 2.28. The van der Waals surface area contributed by atoms with E-state index in [-0.39, 0.29) is 5.91 Å². The van der Waals surface area contributed by atoms with E-state index >= 15 is 0 Å². The average Bonchev–Trinajstić information content (AvgIpc) is 2.60. The van der Waals surface area contributed by atoms with Gasteiger partial charge in [0.25, 0.3) is 0 Å². The van der Waals surface area contributed by atoms with E-state index in [0.29, 0.717) is 13.0 Å². The van der Waals surface area contributed by atoms with Gasteiger partial charge in [-0.05, 0) is 18.9 Å². The van der Waals surface area contributed by atoms with Gasteiger partial charge in [0.05, 0.1) is 12.6 Å². The van der Waals surface area contributed by atoms with Crippen LogP contribution in [0.3, 0.4) is 0 Å². The molecule has 104 valence electrons. The lowest BCUT2D eigenvalue weighted by atomic mass is 10.0. The van der Waals surface area contributed by atoms with Gasteiger partial charge in [0.1, 0.15) is 0 Å². The highest BCUT2D eigenvalue weighted by Gasteiger charge is 2.22. The lowest BCUT2D eigenvalue weighted by Crippen LogP contribution is -2.34. The molecule has 0 spiro atoms. The monoisotopic (exact) mass is 262 g/mol. The topological polar surface area (TPSA) is 43.8 Å². The summed E-state index contributed by atoms with van der Waals surface area (Å²) in [4.78, 5) is 15.8. The summed E-state index contributed by atoms with van der Waals surface area (Å²) in [5.74, 6) is 0.137. The molecular formula is C15H22N2O2. The minimum atomic E-state index is -0.465. The van der Waals surface area contributed by atoms with E-state index in [1.807, 2.05) is 38.2 Å². The Balaban J connectivity index is 2.28. The molecule has 1 atom stereocenters. The molecule has 4 heteroatoms. The van der Waals surface area contributed by atoms with Crippen molar-refractivity contribution in [3.63, 3.8) is 0 Å². The second-order valence-corrected chi connectivity index (χ2v) is 5.07. The highest BCUT2D eigenvalue weighted by atomic mass is 16.3. The van der Waals surface area contributed by atoms with Crippen molar-refractivity contribution in [3.05, 3.63) is 29.8 Å². The molecule has 1 N–H and O–H groups in total. The second-order valence-electron chi connectivity index (χ2n) is 5.07. The molecule has 0 bridgehead atoms. The number of benzene rings is 1. The van der Waals surface area contributed by atoms with Gasteiger partial charge in [0.2, 0.25) is 5.91 Å². The third-order valence-corrected chi connectivity index (χ3v) is 3.70. The molecule has 1 fully saturated rings. The number of nitrogens with zero attached hydrogens (tertiary/aromatic N) is 2. The van der Waals surface area contributed by atoms with Crippen molar-refractivity contribution in [2.24, 2.45) is 0 Å². The molecule has 1 aromatic carbocycles. The summed E-state index contributed by atoms with van der Waals surface area (Å²) in [6.45, 7) is 4.00. The molecule has 1 saturated heterocycles. The quantitative estimate of drug-likeness (QED) is 0.903. The predicted molar refractivity (Wildman–Crippen MR) is 76.2 cm³/mol. The summed E-state index contributed by atoms with van der Waals surface area (Å²) in [5, 5.41) is 10.1. The van der Waals surface area contributed by atoms with E-state index in [4.69, 9.17) is 0 Å². The fourth-order valence-corrected chi connectivity index (χ4v) is 2.47. The second kappa shape index (κ2) is 6.06. The van der Waals surface area contributed by atoms with Crippen molar-refractivity contribution in [2.75, 3.05) is 31.6 Å². The normalized spacial score (nSPS) is 18.4. The van der Waals surface area contributed by atoms with Crippen molar-refractivity contribution in [2.45, 2.75) is 25.9 Å². The van der Waals surface area contributed by atoms with Crippen LogP contribution in [0.15, 0.2) is 24.3 Å².